The highest BCUT2D eigenvalue weighted by Crippen LogP contribution is 1.87. The first-order chi connectivity index (χ1) is 4.95. The molecule has 0 fully saturated rings. The molecule has 0 rings (SSSR count). The molecule has 4 N–H and O–H groups in total. The maximum Gasteiger partial charge on any atom is 0.239 e. The van der Waals surface area contributed by atoms with Crippen LogP contribution in [0, 0.1) is 0 Å². The van der Waals surface area contributed by atoms with Crippen molar-refractivity contribution < 1.29 is 9.59 Å². The van der Waals surface area contributed by atoms with Crippen LogP contribution >= 0.6 is 0 Å². The zero-order valence-electron chi connectivity index (χ0n) is 6.70. The van der Waals surface area contributed by atoms with E-state index in [4.69, 9.17) is 11.5 Å². The second kappa shape index (κ2) is 3.92. The molecule has 1 unspecified atom stereocenters. The van der Waals surface area contributed by atoms with Crippen LogP contribution in [0.4, 0.5) is 0 Å². The van der Waals surface area contributed by atoms with Crippen molar-refractivity contribution in [2.24, 2.45) is 11.5 Å². The van der Waals surface area contributed by atoms with Gasteiger partial charge in [-0.2, -0.15) is 0 Å². The molecule has 0 aromatic carbocycles. The molecule has 0 spiro atoms. The monoisotopic (exact) mass is 159 g/mol. The first-order valence-electron chi connectivity index (χ1n) is 3.24. The van der Waals surface area contributed by atoms with Gasteiger partial charge in [-0.25, -0.2) is 0 Å². The Morgan fingerprint density at radius 3 is 2.27 bits per heavy atom. The second-order valence-electron chi connectivity index (χ2n) is 2.45. The molecule has 64 valence electrons. The number of carbonyl (C=O) groups is 2. The van der Waals surface area contributed by atoms with E-state index in [-0.39, 0.29) is 12.5 Å². The molecule has 0 saturated carbocycles. The number of amides is 2. The standard InChI is InChI=1S/C6H13N3O2/c1-4(7)6(11)9(2)3-5(8)10/h4H,3,7H2,1-2H3,(H2,8,10). The summed E-state index contributed by atoms with van der Waals surface area (Å²) in [4.78, 5) is 22.5. The third-order valence-electron chi connectivity index (χ3n) is 1.16. The van der Waals surface area contributed by atoms with E-state index >= 15 is 0 Å². The highest BCUT2D eigenvalue weighted by atomic mass is 16.2. The van der Waals surface area contributed by atoms with Crippen molar-refractivity contribution in [3.63, 3.8) is 0 Å². The largest absolute Gasteiger partial charge is 0.368 e. The number of nitrogens with zero attached hydrogens (tertiary/aromatic N) is 1. The summed E-state index contributed by atoms with van der Waals surface area (Å²) in [6, 6.07) is -0.584. The van der Waals surface area contributed by atoms with Gasteiger partial charge in [-0.1, -0.05) is 0 Å². The fourth-order valence-corrected chi connectivity index (χ4v) is 0.659. The molecular formula is C6H13N3O2. The molecule has 0 aromatic rings. The average molecular weight is 159 g/mol. The number of hydrogen-bond acceptors (Lipinski definition) is 3. The molecular weight excluding hydrogens is 146 g/mol. The van der Waals surface area contributed by atoms with E-state index < -0.39 is 11.9 Å². The summed E-state index contributed by atoms with van der Waals surface area (Å²) >= 11 is 0. The average Bonchev–Trinajstić information content (AvgIpc) is 1.84. The fraction of sp³-hybridized carbons (Fsp3) is 0.667. The molecule has 0 saturated heterocycles. The summed E-state index contributed by atoms with van der Waals surface area (Å²) in [6.45, 7) is 1.47. The second-order valence-corrected chi connectivity index (χ2v) is 2.45. The number of hydrogen-bond donors (Lipinski definition) is 2. The molecule has 5 heteroatoms. The number of primary amides is 1. The van der Waals surface area contributed by atoms with Crippen LogP contribution in [-0.4, -0.2) is 36.3 Å². The van der Waals surface area contributed by atoms with Gasteiger partial charge in [-0.3, -0.25) is 9.59 Å². The third kappa shape index (κ3) is 3.57. The molecule has 0 bridgehead atoms. The van der Waals surface area contributed by atoms with E-state index in [1.165, 1.54) is 11.9 Å². The number of rotatable bonds is 3. The zero-order chi connectivity index (χ0) is 9.02. The van der Waals surface area contributed by atoms with Crippen LogP contribution in [0.15, 0.2) is 0 Å². The Kier molecular flexibility index (Phi) is 3.53. The minimum atomic E-state index is -0.584. The fourth-order valence-electron chi connectivity index (χ4n) is 0.659. The molecule has 5 nitrogen and oxygen atoms in total. The van der Waals surface area contributed by atoms with E-state index in [0.29, 0.717) is 0 Å². The van der Waals surface area contributed by atoms with Crippen molar-refractivity contribution in [3.8, 4) is 0 Å². The minimum Gasteiger partial charge on any atom is -0.368 e. The maximum absolute atomic E-state index is 11.0. The quantitative estimate of drug-likeness (QED) is 0.513. The molecule has 11 heavy (non-hydrogen) atoms. The van der Waals surface area contributed by atoms with Gasteiger partial charge in [0.05, 0.1) is 12.6 Å². The first-order valence-corrected chi connectivity index (χ1v) is 3.24. The highest BCUT2D eigenvalue weighted by molar-refractivity contribution is 5.86. The Bertz CT molecular complexity index is 167. The summed E-state index contributed by atoms with van der Waals surface area (Å²) < 4.78 is 0. The molecule has 0 aliphatic rings. The normalized spacial score (nSPS) is 12.3. The first kappa shape index (κ1) is 9.90. The smallest absolute Gasteiger partial charge is 0.239 e. The summed E-state index contributed by atoms with van der Waals surface area (Å²) in [5, 5.41) is 0. The van der Waals surface area contributed by atoms with Crippen molar-refractivity contribution in [1.29, 1.82) is 0 Å². The lowest BCUT2D eigenvalue weighted by molar-refractivity contribution is -0.134. The van der Waals surface area contributed by atoms with Gasteiger partial charge in [0, 0.05) is 7.05 Å². The van der Waals surface area contributed by atoms with Crippen molar-refractivity contribution in [2.75, 3.05) is 13.6 Å². The molecule has 0 radical (unpaired) electrons. The predicted octanol–water partition coefficient (Wildman–Crippen LogP) is -1.72. The van der Waals surface area contributed by atoms with E-state index in [1.807, 2.05) is 0 Å². The SMILES string of the molecule is CC(N)C(=O)N(C)CC(N)=O. The van der Waals surface area contributed by atoms with Crippen LogP contribution in [0.25, 0.3) is 0 Å². The molecule has 0 aliphatic heterocycles. The van der Waals surface area contributed by atoms with Gasteiger partial charge in [0.15, 0.2) is 0 Å². The summed E-state index contributed by atoms with van der Waals surface area (Å²) in [6.07, 6.45) is 0. The minimum absolute atomic E-state index is 0.0830. The lowest BCUT2D eigenvalue weighted by Crippen LogP contribution is -2.43. The lowest BCUT2D eigenvalue weighted by atomic mass is 10.3. The van der Waals surface area contributed by atoms with E-state index in [1.54, 1.807) is 6.92 Å². The Morgan fingerprint density at radius 2 is 2.00 bits per heavy atom. The maximum atomic E-state index is 11.0. The Balaban J connectivity index is 3.93. The van der Waals surface area contributed by atoms with Crippen molar-refractivity contribution in [1.82, 2.24) is 4.90 Å². The van der Waals surface area contributed by atoms with Gasteiger partial charge >= 0.3 is 0 Å². The van der Waals surface area contributed by atoms with Crippen molar-refractivity contribution in [2.45, 2.75) is 13.0 Å². The third-order valence-corrected chi connectivity index (χ3v) is 1.16. The van der Waals surface area contributed by atoms with E-state index in [9.17, 15) is 9.59 Å². The van der Waals surface area contributed by atoms with Gasteiger partial charge in [-0.15, -0.1) is 0 Å². The van der Waals surface area contributed by atoms with E-state index in [0.717, 1.165) is 0 Å². The Morgan fingerprint density at radius 1 is 1.55 bits per heavy atom. The number of nitrogens with two attached hydrogens (primary N) is 2. The van der Waals surface area contributed by atoms with Crippen molar-refractivity contribution in [3.05, 3.63) is 0 Å². The van der Waals surface area contributed by atoms with Crippen LogP contribution in [-0.2, 0) is 9.59 Å². The van der Waals surface area contributed by atoms with Crippen LogP contribution in [0.3, 0.4) is 0 Å². The van der Waals surface area contributed by atoms with Gasteiger partial charge in [-0.05, 0) is 6.92 Å². The molecule has 0 aliphatic carbocycles. The number of carbonyl (C=O) groups excluding carboxylic acids is 2. The summed E-state index contributed by atoms with van der Waals surface area (Å²) in [7, 11) is 1.48. The van der Waals surface area contributed by atoms with Crippen LogP contribution in [0.1, 0.15) is 6.92 Å². The van der Waals surface area contributed by atoms with Gasteiger partial charge in [0.25, 0.3) is 0 Å². The number of likely N-dealkylation sites (N-methyl/N-ethyl adjacent to an activating group) is 1. The highest BCUT2D eigenvalue weighted by Gasteiger charge is 2.14. The van der Waals surface area contributed by atoms with Crippen LogP contribution < -0.4 is 11.5 Å². The Hall–Kier alpha value is -1.10. The van der Waals surface area contributed by atoms with E-state index in [2.05, 4.69) is 0 Å². The molecule has 2 amide bonds. The predicted molar refractivity (Wildman–Crippen MR) is 40.5 cm³/mol. The van der Waals surface area contributed by atoms with Gasteiger partial charge < -0.3 is 16.4 Å². The van der Waals surface area contributed by atoms with Crippen LogP contribution in [0.5, 0.6) is 0 Å². The Labute approximate surface area is 65.3 Å². The summed E-state index contributed by atoms with van der Waals surface area (Å²) in [5.41, 5.74) is 10.1. The lowest BCUT2D eigenvalue weighted by Gasteiger charge is -2.16. The topological polar surface area (TPSA) is 89.4 Å². The van der Waals surface area contributed by atoms with Gasteiger partial charge in [0.2, 0.25) is 11.8 Å². The zero-order valence-corrected chi connectivity index (χ0v) is 6.70. The molecule has 0 heterocycles. The summed E-state index contributed by atoms with van der Waals surface area (Å²) in [5.74, 6) is -0.828. The molecule has 1 atom stereocenters. The van der Waals surface area contributed by atoms with Crippen molar-refractivity contribution >= 4 is 11.8 Å². The van der Waals surface area contributed by atoms with Gasteiger partial charge in [0.1, 0.15) is 0 Å². The van der Waals surface area contributed by atoms with Crippen LogP contribution in [0.2, 0.25) is 0 Å². The molecule has 0 aromatic heterocycles.